The van der Waals surface area contributed by atoms with Crippen LogP contribution < -0.4 is 5.32 Å². The molecule has 0 amide bonds. The Morgan fingerprint density at radius 1 is 1.24 bits per heavy atom. The van der Waals surface area contributed by atoms with Crippen molar-refractivity contribution in [3.8, 4) is 0 Å². The van der Waals surface area contributed by atoms with Crippen molar-refractivity contribution in [2.24, 2.45) is 0 Å². The summed E-state index contributed by atoms with van der Waals surface area (Å²) < 4.78 is 8.07. The van der Waals surface area contributed by atoms with Crippen LogP contribution in [0.15, 0.2) is 64.3 Å². The zero-order valence-corrected chi connectivity index (χ0v) is 15.4. The van der Waals surface area contributed by atoms with Crippen LogP contribution in [-0.2, 0) is 9.53 Å². The van der Waals surface area contributed by atoms with Crippen molar-refractivity contribution in [2.45, 2.75) is 13.0 Å². The van der Waals surface area contributed by atoms with E-state index in [2.05, 4.69) is 30.8 Å². The number of esters is 1. The lowest BCUT2D eigenvalue weighted by molar-refractivity contribution is -0.136. The van der Waals surface area contributed by atoms with Gasteiger partial charge in [-0.15, -0.1) is 0 Å². The van der Waals surface area contributed by atoms with Gasteiger partial charge in [0.2, 0.25) is 5.95 Å². The molecule has 5 nitrogen and oxygen atoms in total. The molecule has 0 aliphatic carbocycles. The fourth-order valence-corrected chi connectivity index (χ4v) is 3.75. The van der Waals surface area contributed by atoms with E-state index in [0.29, 0.717) is 5.57 Å². The number of hydrogen-bond donors (Lipinski definition) is 1. The summed E-state index contributed by atoms with van der Waals surface area (Å²) in [5.41, 5.74) is 4.16. The Bertz CT molecular complexity index is 1020. The SMILES string of the molecule is COC(=O)C1=C(C)Nc2nc3ccccc3n2[C@H]1c1cccc(Br)c1. The number of halogens is 1. The van der Waals surface area contributed by atoms with Gasteiger partial charge in [-0.3, -0.25) is 4.57 Å². The van der Waals surface area contributed by atoms with E-state index < -0.39 is 0 Å². The topological polar surface area (TPSA) is 56.1 Å². The second kappa shape index (κ2) is 6.04. The van der Waals surface area contributed by atoms with Gasteiger partial charge in [0.05, 0.1) is 29.8 Å². The van der Waals surface area contributed by atoms with Gasteiger partial charge in [-0.2, -0.15) is 0 Å². The largest absolute Gasteiger partial charge is 0.466 e. The number of imidazole rings is 1. The summed E-state index contributed by atoms with van der Waals surface area (Å²) >= 11 is 3.53. The summed E-state index contributed by atoms with van der Waals surface area (Å²) in [6.45, 7) is 1.88. The first-order chi connectivity index (χ1) is 12.1. The quantitative estimate of drug-likeness (QED) is 0.656. The van der Waals surface area contributed by atoms with Crippen LogP contribution in [0.25, 0.3) is 11.0 Å². The molecular weight excluding hydrogens is 382 g/mol. The van der Waals surface area contributed by atoms with Gasteiger partial charge in [-0.25, -0.2) is 9.78 Å². The number of carbonyl (C=O) groups excluding carboxylic acids is 1. The number of nitrogens with one attached hydrogen (secondary N) is 1. The summed E-state index contributed by atoms with van der Waals surface area (Å²) in [4.78, 5) is 17.2. The van der Waals surface area contributed by atoms with Crippen LogP contribution in [0.2, 0.25) is 0 Å². The standard InChI is InChI=1S/C19H16BrN3O2/c1-11-16(18(24)25-2)17(12-6-5-7-13(20)10-12)23-15-9-4-3-8-14(15)22-19(23)21-11/h3-10,17H,1-2H3,(H,21,22)/t17-/m0/s1. The number of benzene rings is 2. The smallest absolute Gasteiger partial charge is 0.337 e. The number of para-hydroxylation sites is 2. The number of carbonyl (C=O) groups is 1. The highest BCUT2D eigenvalue weighted by atomic mass is 79.9. The van der Waals surface area contributed by atoms with Crippen LogP contribution >= 0.6 is 15.9 Å². The number of aromatic nitrogens is 2. The zero-order chi connectivity index (χ0) is 17.6. The lowest BCUT2D eigenvalue weighted by atomic mass is 9.95. The van der Waals surface area contributed by atoms with Crippen molar-refractivity contribution >= 4 is 38.9 Å². The Balaban J connectivity index is 2.03. The maximum Gasteiger partial charge on any atom is 0.337 e. The number of rotatable bonds is 2. The van der Waals surface area contributed by atoms with Gasteiger partial charge >= 0.3 is 5.97 Å². The van der Waals surface area contributed by atoms with Gasteiger partial charge in [-0.05, 0) is 36.8 Å². The minimum absolute atomic E-state index is 0.311. The molecule has 0 bridgehead atoms. The molecule has 0 saturated carbocycles. The predicted octanol–water partition coefficient (Wildman–Crippen LogP) is 4.26. The minimum atomic E-state index is -0.349. The molecule has 0 spiro atoms. The second-order valence-electron chi connectivity index (χ2n) is 5.91. The molecule has 2 aromatic carbocycles. The summed E-state index contributed by atoms with van der Waals surface area (Å²) in [5.74, 6) is 0.370. The summed E-state index contributed by atoms with van der Waals surface area (Å²) in [6.07, 6.45) is 0. The molecule has 1 N–H and O–H groups in total. The number of anilines is 1. The Kier molecular flexibility index (Phi) is 3.84. The average molecular weight is 398 g/mol. The molecular formula is C19H16BrN3O2. The number of hydrogen-bond acceptors (Lipinski definition) is 4. The van der Waals surface area contributed by atoms with Crippen molar-refractivity contribution in [2.75, 3.05) is 12.4 Å². The van der Waals surface area contributed by atoms with Crippen LogP contribution in [0.3, 0.4) is 0 Å². The number of nitrogens with zero attached hydrogens (tertiary/aromatic N) is 2. The molecule has 3 aromatic rings. The summed E-state index contributed by atoms with van der Waals surface area (Å²) in [5, 5.41) is 3.25. The Hall–Kier alpha value is -2.60. The predicted molar refractivity (Wildman–Crippen MR) is 100 cm³/mol. The molecule has 0 unspecified atom stereocenters. The minimum Gasteiger partial charge on any atom is -0.466 e. The van der Waals surface area contributed by atoms with Crippen molar-refractivity contribution in [1.29, 1.82) is 0 Å². The van der Waals surface area contributed by atoms with Crippen molar-refractivity contribution < 1.29 is 9.53 Å². The molecule has 25 heavy (non-hydrogen) atoms. The molecule has 1 aromatic heterocycles. The first-order valence-electron chi connectivity index (χ1n) is 7.88. The van der Waals surface area contributed by atoms with Crippen molar-refractivity contribution in [3.05, 3.63) is 69.8 Å². The highest BCUT2D eigenvalue weighted by molar-refractivity contribution is 9.10. The molecule has 0 saturated heterocycles. The second-order valence-corrected chi connectivity index (χ2v) is 6.82. The van der Waals surface area contributed by atoms with E-state index >= 15 is 0 Å². The molecule has 1 aliphatic rings. The molecule has 0 fully saturated rings. The Morgan fingerprint density at radius 2 is 2.04 bits per heavy atom. The van der Waals surface area contributed by atoms with Gasteiger partial charge < -0.3 is 10.1 Å². The van der Waals surface area contributed by atoms with E-state index in [4.69, 9.17) is 4.74 Å². The van der Waals surface area contributed by atoms with Crippen molar-refractivity contribution in [1.82, 2.24) is 9.55 Å². The normalized spacial score (nSPS) is 16.5. The van der Waals surface area contributed by atoms with Crippen LogP contribution in [0.4, 0.5) is 5.95 Å². The average Bonchev–Trinajstić information content (AvgIpc) is 2.97. The molecule has 6 heteroatoms. The van der Waals surface area contributed by atoms with Gasteiger partial charge in [0.15, 0.2) is 0 Å². The van der Waals surface area contributed by atoms with E-state index in [9.17, 15) is 4.79 Å². The molecule has 126 valence electrons. The molecule has 4 rings (SSSR count). The van der Waals surface area contributed by atoms with E-state index in [1.165, 1.54) is 7.11 Å². The summed E-state index contributed by atoms with van der Waals surface area (Å²) in [7, 11) is 1.40. The lowest BCUT2D eigenvalue weighted by Crippen LogP contribution is -2.28. The van der Waals surface area contributed by atoms with Crippen molar-refractivity contribution in [3.63, 3.8) is 0 Å². The van der Waals surface area contributed by atoms with Gasteiger partial charge in [-0.1, -0.05) is 40.2 Å². The van der Waals surface area contributed by atoms with E-state index in [1.807, 2.05) is 55.5 Å². The molecule has 0 radical (unpaired) electrons. The highest BCUT2D eigenvalue weighted by Crippen LogP contribution is 2.39. The number of allylic oxidation sites excluding steroid dienone is 1. The molecule has 2 heterocycles. The van der Waals surface area contributed by atoms with Crippen LogP contribution in [0, 0.1) is 0 Å². The van der Waals surface area contributed by atoms with E-state index in [0.717, 1.165) is 32.7 Å². The maximum absolute atomic E-state index is 12.5. The van der Waals surface area contributed by atoms with Crippen LogP contribution in [0.1, 0.15) is 18.5 Å². The first-order valence-corrected chi connectivity index (χ1v) is 8.68. The zero-order valence-electron chi connectivity index (χ0n) is 13.8. The molecule has 1 aliphatic heterocycles. The Morgan fingerprint density at radius 3 is 2.80 bits per heavy atom. The summed E-state index contributed by atoms with van der Waals surface area (Å²) in [6, 6.07) is 15.5. The third-order valence-corrected chi connectivity index (χ3v) is 4.89. The number of methoxy groups -OCH3 is 1. The third kappa shape index (κ3) is 2.53. The fourth-order valence-electron chi connectivity index (χ4n) is 3.33. The monoisotopic (exact) mass is 397 g/mol. The number of ether oxygens (including phenoxy) is 1. The lowest BCUT2D eigenvalue weighted by Gasteiger charge is -2.30. The number of fused-ring (bicyclic) bond motifs is 3. The third-order valence-electron chi connectivity index (χ3n) is 4.40. The fraction of sp³-hybridized carbons (Fsp3) is 0.158. The van der Waals surface area contributed by atoms with E-state index in [1.54, 1.807) is 0 Å². The van der Waals surface area contributed by atoms with Crippen LogP contribution in [0.5, 0.6) is 0 Å². The van der Waals surface area contributed by atoms with E-state index in [-0.39, 0.29) is 12.0 Å². The highest BCUT2D eigenvalue weighted by Gasteiger charge is 2.34. The first kappa shape index (κ1) is 15.9. The van der Waals surface area contributed by atoms with Gasteiger partial charge in [0.1, 0.15) is 0 Å². The van der Waals surface area contributed by atoms with Crippen LogP contribution in [-0.4, -0.2) is 22.6 Å². The Labute approximate surface area is 153 Å². The van der Waals surface area contributed by atoms with Gasteiger partial charge in [0, 0.05) is 10.2 Å². The maximum atomic E-state index is 12.5. The van der Waals surface area contributed by atoms with Gasteiger partial charge in [0.25, 0.3) is 0 Å². The molecule has 1 atom stereocenters.